The molecule has 1 heterocycles. The first kappa shape index (κ1) is 25.4. The third-order valence-electron chi connectivity index (χ3n) is 4.73. The number of hydrogen-bond donors (Lipinski definition) is 1. The van der Waals surface area contributed by atoms with Crippen molar-refractivity contribution in [3.8, 4) is 0 Å². The summed E-state index contributed by atoms with van der Waals surface area (Å²) in [5.41, 5.74) is 0.700. The van der Waals surface area contributed by atoms with Crippen molar-refractivity contribution in [2.45, 2.75) is 93.3 Å². The molecule has 1 amide bonds. The molecule has 4 heteroatoms. The van der Waals surface area contributed by atoms with Crippen LogP contribution in [0.3, 0.4) is 0 Å². The average molecular weight is 378 g/mol. The van der Waals surface area contributed by atoms with Crippen molar-refractivity contribution in [2.75, 3.05) is 6.54 Å². The predicted octanol–water partition coefficient (Wildman–Crippen LogP) is 5.56. The van der Waals surface area contributed by atoms with E-state index >= 15 is 0 Å². The molecule has 1 fully saturated rings. The lowest BCUT2D eigenvalue weighted by atomic mass is 9.89. The summed E-state index contributed by atoms with van der Waals surface area (Å²) in [4.78, 5) is 19.1. The molecular weight excluding hydrogens is 334 g/mol. The zero-order chi connectivity index (χ0) is 21.2. The van der Waals surface area contributed by atoms with E-state index < -0.39 is 5.66 Å². The number of nitrogens with one attached hydrogen (secondary N) is 1. The highest BCUT2D eigenvalue weighted by molar-refractivity contribution is 6.40. The van der Waals surface area contributed by atoms with Gasteiger partial charge < -0.3 is 10.2 Å². The monoisotopic (exact) mass is 377 g/mol. The van der Waals surface area contributed by atoms with Crippen LogP contribution in [0.2, 0.25) is 0 Å². The molecule has 1 atom stereocenters. The Morgan fingerprint density at radius 1 is 1.22 bits per heavy atom. The van der Waals surface area contributed by atoms with Crippen LogP contribution in [0.25, 0.3) is 0 Å². The maximum atomic E-state index is 12.8. The van der Waals surface area contributed by atoms with Crippen LogP contribution in [0, 0.1) is 11.8 Å². The number of carbonyl (C=O) groups excluding carboxylic acids is 1. The molecule has 1 rings (SSSR count). The number of amidine groups is 1. The van der Waals surface area contributed by atoms with Gasteiger partial charge in [0, 0.05) is 6.54 Å². The lowest BCUT2D eigenvalue weighted by molar-refractivity contribution is -0.128. The van der Waals surface area contributed by atoms with Gasteiger partial charge in [0.15, 0.2) is 5.84 Å². The Hall–Kier alpha value is -1.58. The Labute approximate surface area is 168 Å². The summed E-state index contributed by atoms with van der Waals surface area (Å²) >= 11 is 0. The van der Waals surface area contributed by atoms with Crippen LogP contribution < -0.4 is 5.32 Å². The third kappa shape index (κ3) is 7.90. The van der Waals surface area contributed by atoms with E-state index in [4.69, 9.17) is 0 Å². The number of aliphatic imine (C=N–C) groups is 1. The fraction of sp³-hybridized carbons (Fsp3) is 0.739. The number of hydrogen-bond acceptors (Lipinski definition) is 2. The molecule has 1 aliphatic rings. The highest BCUT2D eigenvalue weighted by atomic mass is 16.2. The number of nitrogens with zero attached hydrogens (tertiary/aromatic N) is 2. The fourth-order valence-electron chi connectivity index (χ4n) is 3.16. The molecule has 0 aliphatic carbocycles. The summed E-state index contributed by atoms with van der Waals surface area (Å²) in [6.45, 7) is 23.8. The van der Waals surface area contributed by atoms with Crippen LogP contribution in [0.15, 0.2) is 29.3 Å². The molecule has 156 valence electrons. The molecular formula is C23H43N3O. The second-order valence-corrected chi connectivity index (χ2v) is 8.38. The van der Waals surface area contributed by atoms with Crippen LogP contribution in [-0.2, 0) is 4.79 Å². The normalized spacial score (nSPS) is 18.9. The first-order chi connectivity index (χ1) is 12.5. The van der Waals surface area contributed by atoms with Crippen molar-refractivity contribution in [3.63, 3.8) is 0 Å². The summed E-state index contributed by atoms with van der Waals surface area (Å²) in [5.74, 6) is 1.45. The summed E-state index contributed by atoms with van der Waals surface area (Å²) in [5, 5.41) is 3.28. The van der Waals surface area contributed by atoms with Crippen LogP contribution >= 0.6 is 0 Å². The first-order valence-electron chi connectivity index (χ1n) is 10.5. The summed E-state index contributed by atoms with van der Waals surface area (Å²) in [7, 11) is 0. The zero-order valence-electron chi connectivity index (χ0n) is 19.2. The van der Waals surface area contributed by atoms with E-state index in [0.717, 1.165) is 24.8 Å². The summed E-state index contributed by atoms with van der Waals surface area (Å²) in [6, 6.07) is 0.0574. The molecule has 0 saturated carbocycles. The van der Waals surface area contributed by atoms with Crippen molar-refractivity contribution in [2.24, 2.45) is 16.8 Å². The molecule has 0 aromatic carbocycles. The van der Waals surface area contributed by atoms with E-state index in [9.17, 15) is 4.79 Å². The second kappa shape index (κ2) is 12.0. The Balaban J connectivity index is 0.00000119. The minimum atomic E-state index is -0.426. The molecule has 0 spiro atoms. The lowest BCUT2D eigenvalue weighted by Crippen LogP contribution is -2.53. The van der Waals surface area contributed by atoms with Crippen molar-refractivity contribution < 1.29 is 4.79 Å². The molecule has 0 aromatic rings. The van der Waals surface area contributed by atoms with Crippen molar-refractivity contribution in [1.82, 2.24) is 10.2 Å². The Kier molecular flexibility index (Phi) is 11.3. The number of amides is 1. The van der Waals surface area contributed by atoms with Gasteiger partial charge in [-0.2, -0.15) is 0 Å². The molecule has 0 bridgehead atoms. The average Bonchev–Trinajstić information content (AvgIpc) is 2.79. The quantitative estimate of drug-likeness (QED) is 0.563. The van der Waals surface area contributed by atoms with Crippen LogP contribution in [0.5, 0.6) is 0 Å². The molecule has 4 nitrogen and oxygen atoms in total. The predicted molar refractivity (Wildman–Crippen MR) is 119 cm³/mol. The van der Waals surface area contributed by atoms with E-state index in [1.165, 1.54) is 0 Å². The highest BCUT2D eigenvalue weighted by Crippen LogP contribution is 2.31. The van der Waals surface area contributed by atoms with E-state index in [1.54, 1.807) is 0 Å². The maximum absolute atomic E-state index is 12.8. The van der Waals surface area contributed by atoms with E-state index in [-0.39, 0.29) is 11.9 Å². The van der Waals surface area contributed by atoms with E-state index in [2.05, 4.69) is 63.7 Å². The van der Waals surface area contributed by atoms with E-state index in [1.807, 2.05) is 32.6 Å². The molecule has 1 N–H and O–H groups in total. The zero-order valence-corrected chi connectivity index (χ0v) is 19.2. The number of rotatable bonds is 8. The molecule has 0 aromatic heterocycles. The van der Waals surface area contributed by atoms with Crippen molar-refractivity contribution in [3.05, 3.63) is 24.3 Å². The topological polar surface area (TPSA) is 44.7 Å². The van der Waals surface area contributed by atoms with Gasteiger partial charge in [0.05, 0.1) is 6.04 Å². The van der Waals surface area contributed by atoms with Crippen LogP contribution in [-0.4, -0.2) is 34.9 Å². The van der Waals surface area contributed by atoms with Gasteiger partial charge in [0.2, 0.25) is 0 Å². The standard InChI is InChI=1S/C18H33N3O.C5H10/c1-9-19-16-17(22)21(18(7,8)20-16)15(11-10-12(2)3)14(6)13(4)5;1-3-5-4-2/h12-13,15H,6,9-11H2,1-5,7-8H3,(H,19,20);3,5H,4H2,1-2H3/b;5-3-. The Bertz CT molecular complexity index is 530. The second-order valence-electron chi connectivity index (χ2n) is 8.38. The van der Waals surface area contributed by atoms with Crippen molar-refractivity contribution >= 4 is 11.7 Å². The van der Waals surface area contributed by atoms with Gasteiger partial charge in [-0.3, -0.25) is 9.79 Å². The first-order valence-corrected chi connectivity index (χ1v) is 10.5. The minimum absolute atomic E-state index is 0.00223. The molecule has 1 unspecified atom stereocenters. The molecule has 1 saturated heterocycles. The Morgan fingerprint density at radius 3 is 2.19 bits per heavy atom. The highest BCUT2D eigenvalue weighted by Gasteiger charge is 2.46. The lowest BCUT2D eigenvalue weighted by Gasteiger charge is -2.39. The smallest absolute Gasteiger partial charge is 0.291 e. The SMILES string of the molecule is C/C=C\CC.C=C(C(C)C)C(CCC(C)C)N1C(=O)C(=NCC)NC1(C)C. The van der Waals surface area contributed by atoms with Gasteiger partial charge in [-0.15, -0.1) is 0 Å². The molecule has 27 heavy (non-hydrogen) atoms. The van der Waals surface area contributed by atoms with Gasteiger partial charge in [0.25, 0.3) is 5.91 Å². The van der Waals surface area contributed by atoms with Crippen LogP contribution in [0.4, 0.5) is 0 Å². The minimum Gasteiger partial charge on any atom is -0.343 e. The van der Waals surface area contributed by atoms with Crippen LogP contribution in [0.1, 0.15) is 81.6 Å². The van der Waals surface area contributed by atoms with Gasteiger partial charge in [0.1, 0.15) is 5.66 Å². The number of allylic oxidation sites excluding steroid dienone is 2. The van der Waals surface area contributed by atoms with Gasteiger partial charge >= 0.3 is 0 Å². The number of carbonyl (C=O) groups is 1. The summed E-state index contributed by atoms with van der Waals surface area (Å²) < 4.78 is 0. The van der Waals surface area contributed by atoms with Crippen molar-refractivity contribution in [1.29, 1.82) is 0 Å². The van der Waals surface area contributed by atoms with Gasteiger partial charge in [-0.1, -0.05) is 58.9 Å². The van der Waals surface area contributed by atoms with E-state index in [0.29, 0.717) is 24.2 Å². The summed E-state index contributed by atoms with van der Waals surface area (Å²) in [6.07, 6.45) is 7.37. The van der Waals surface area contributed by atoms with Gasteiger partial charge in [-0.25, -0.2) is 0 Å². The largest absolute Gasteiger partial charge is 0.343 e. The maximum Gasteiger partial charge on any atom is 0.291 e. The molecule has 0 radical (unpaired) electrons. The molecule has 1 aliphatic heterocycles. The Morgan fingerprint density at radius 2 is 1.81 bits per heavy atom. The third-order valence-corrected chi connectivity index (χ3v) is 4.73. The van der Waals surface area contributed by atoms with Gasteiger partial charge in [-0.05, 0) is 58.8 Å². The fourth-order valence-corrected chi connectivity index (χ4v) is 3.16.